The molecule has 0 aliphatic carbocycles. The number of unbranched alkanes of at least 4 members (excludes halogenated alkanes) is 1. The average molecular weight is 496 g/mol. The first-order valence-electron chi connectivity index (χ1n) is 12.0. The van der Waals surface area contributed by atoms with E-state index in [2.05, 4.69) is 15.3 Å². The Kier molecular flexibility index (Phi) is 8.45. The van der Waals surface area contributed by atoms with Crippen molar-refractivity contribution in [3.05, 3.63) is 70.4 Å². The molecule has 0 saturated carbocycles. The Morgan fingerprint density at radius 1 is 1.22 bits per heavy atom. The monoisotopic (exact) mass is 495 g/mol. The SMILES string of the molecule is CN(C)C(=O)/C=C/CCCC(=O)Nc1cccn(Cc2nc3cccc(C(F)C(C)(C)C)c3[nH]2)c1=O. The first kappa shape index (κ1) is 26.8. The largest absolute Gasteiger partial charge is 0.345 e. The number of nitrogens with one attached hydrogen (secondary N) is 2. The van der Waals surface area contributed by atoms with Crippen molar-refractivity contribution in [1.29, 1.82) is 0 Å². The van der Waals surface area contributed by atoms with Gasteiger partial charge in [-0.05, 0) is 42.5 Å². The highest BCUT2D eigenvalue weighted by atomic mass is 19.1. The summed E-state index contributed by atoms with van der Waals surface area (Å²) in [6.07, 6.45) is 5.00. The number of halogens is 1. The number of carbonyl (C=O) groups is 2. The topological polar surface area (TPSA) is 100 Å². The van der Waals surface area contributed by atoms with Crippen LogP contribution in [0.2, 0.25) is 0 Å². The predicted molar refractivity (Wildman–Crippen MR) is 140 cm³/mol. The quantitative estimate of drug-likeness (QED) is 0.335. The average Bonchev–Trinajstić information content (AvgIpc) is 3.22. The third kappa shape index (κ3) is 6.68. The van der Waals surface area contributed by atoms with Crippen molar-refractivity contribution in [2.45, 2.75) is 52.8 Å². The van der Waals surface area contributed by atoms with Crippen LogP contribution in [0.5, 0.6) is 0 Å². The van der Waals surface area contributed by atoms with Gasteiger partial charge < -0.3 is 19.8 Å². The number of H-pyrrole nitrogens is 1. The van der Waals surface area contributed by atoms with Gasteiger partial charge in [0, 0.05) is 32.3 Å². The van der Waals surface area contributed by atoms with Gasteiger partial charge in [0.15, 0.2) is 0 Å². The molecule has 0 radical (unpaired) electrons. The lowest BCUT2D eigenvalue weighted by Gasteiger charge is -2.24. The maximum Gasteiger partial charge on any atom is 0.274 e. The summed E-state index contributed by atoms with van der Waals surface area (Å²) in [6.45, 7) is 5.68. The van der Waals surface area contributed by atoms with Gasteiger partial charge in [0.1, 0.15) is 17.7 Å². The van der Waals surface area contributed by atoms with Crippen molar-refractivity contribution >= 4 is 28.5 Å². The number of likely N-dealkylation sites (N-methyl/N-ethyl adjacent to an activating group) is 1. The number of aromatic nitrogens is 3. The van der Waals surface area contributed by atoms with E-state index in [1.807, 2.05) is 20.8 Å². The van der Waals surface area contributed by atoms with Gasteiger partial charge in [0.2, 0.25) is 11.8 Å². The lowest BCUT2D eigenvalue weighted by atomic mass is 9.85. The van der Waals surface area contributed by atoms with Gasteiger partial charge in [0.05, 0.1) is 17.6 Å². The summed E-state index contributed by atoms with van der Waals surface area (Å²) < 4.78 is 16.5. The zero-order valence-electron chi connectivity index (χ0n) is 21.5. The lowest BCUT2D eigenvalue weighted by molar-refractivity contribution is -0.123. The maximum absolute atomic E-state index is 15.1. The summed E-state index contributed by atoms with van der Waals surface area (Å²) in [5, 5.41) is 2.67. The number of hydrogen-bond donors (Lipinski definition) is 2. The van der Waals surface area contributed by atoms with Gasteiger partial charge in [0.25, 0.3) is 5.56 Å². The molecular weight excluding hydrogens is 461 g/mol. The summed E-state index contributed by atoms with van der Waals surface area (Å²) in [4.78, 5) is 46.0. The molecule has 1 unspecified atom stereocenters. The number of amides is 2. The van der Waals surface area contributed by atoms with Gasteiger partial charge in [-0.2, -0.15) is 0 Å². The molecule has 0 aliphatic rings. The number of nitrogens with zero attached hydrogens (tertiary/aromatic N) is 3. The molecule has 0 aliphatic heterocycles. The maximum atomic E-state index is 15.1. The molecule has 36 heavy (non-hydrogen) atoms. The molecule has 3 aromatic rings. The number of carbonyl (C=O) groups excluding carboxylic acids is 2. The minimum absolute atomic E-state index is 0.108. The second kappa shape index (κ2) is 11.3. The number of fused-ring (bicyclic) bond motifs is 1. The van der Waals surface area contributed by atoms with Crippen LogP contribution in [-0.4, -0.2) is 45.3 Å². The molecule has 1 aromatic carbocycles. The first-order valence-corrected chi connectivity index (χ1v) is 12.0. The van der Waals surface area contributed by atoms with Crippen molar-refractivity contribution in [1.82, 2.24) is 19.4 Å². The van der Waals surface area contributed by atoms with Crippen LogP contribution in [0.1, 0.15) is 57.6 Å². The van der Waals surface area contributed by atoms with Crippen LogP contribution in [0.3, 0.4) is 0 Å². The Bertz CT molecular complexity index is 1320. The number of imidazole rings is 1. The minimum atomic E-state index is -1.18. The Labute approximate surface area is 210 Å². The molecule has 9 heteroatoms. The highest BCUT2D eigenvalue weighted by Crippen LogP contribution is 2.38. The van der Waals surface area contributed by atoms with E-state index in [1.165, 1.54) is 15.5 Å². The number of rotatable bonds is 9. The standard InChI is InChI=1S/C27H34FN5O3/c1-27(2,3)25(28)18-11-9-12-19-24(18)31-21(29-19)17-33-16-10-13-20(26(33)36)30-22(34)14-7-6-8-15-23(35)32(4)5/h8-13,15-16,25H,6-7,14,17H2,1-5H3,(H,29,31)(H,30,34)/b15-8+. The normalized spacial score (nSPS) is 12.7. The minimum Gasteiger partial charge on any atom is -0.345 e. The van der Waals surface area contributed by atoms with Crippen LogP contribution in [0.15, 0.2) is 53.5 Å². The van der Waals surface area contributed by atoms with Crippen molar-refractivity contribution in [2.75, 3.05) is 19.4 Å². The summed E-state index contributed by atoms with van der Waals surface area (Å²) in [6, 6.07) is 8.56. The molecule has 192 valence electrons. The molecule has 2 aromatic heterocycles. The third-order valence-electron chi connectivity index (χ3n) is 5.72. The molecule has 0 fully saturated rings. The van der Waals surface area contributed by atoms with E-state index >= 15 is 4.39 Å². The number of allylic oxidation sites excluding steroid dienone is 1. The molecule has 1 atom stereocenters. The van der Waals surface area contributed by atoms with Crippen LogP contribution in [0, 0.1) is 5.41 Å². The van der Waals surface area contributed by atoms with Gasteiger partial charge in [-0.3, -0.25) is 14.4 Å². The van der Waals surface area contributed by atoms with Crippen LogP contribution < -0.4 is 10.9 Å². The van der Waals surface area contributed by atoms with Gasteiger partial charge in [-0.15, -0.1) is 0 Å². The Morgan fingerprint density at radius 3 is 2.67 bits per heavy atom. The fourth-order valence-corrected chi connectivity index (χ4v) is 3.70. The lowest BCUT2D eigenvalue weighted by Crippen LogP contribution is -2.26. The summed E-state index contributed by atoms with van der Waals surface area (Å²) in [5.74, 6) is 0.133. The van der Waals surface area contributed by atoms with Gasteiger partial charge in [-0.25, -0.2) is 9.37 Å². The molecule has 2 heterocycles. The molecule has 8 nitrogen and oxygen atoms in total. The number of hydrogen-bond acceptors (Lipinski definition) is 4. The van der Waals surface area contributed by atoms with Crippen LogP contribution in [-0.2, 0) is 16.1 Å². The van der Waals surface area contributed by atoms with Crippen LogP contribution >= 0.6 is 0 Å². The molecular formula is C27H34FN5O3. The van der Waals surface area contributed by atoms with Gasteiger partial charge in [-0.1, -0.05) is 39.0 Å². The van der Waals surface area contributed by atoms with Crippen LogP contribution in [0.4, 0.5) is 10.1 Å². The van der Waals surface area contributed by atoms with Crippen molar-refractivity contribution < 1.29 is 14.0 Å². The number of anilines is 1. The van der Waals surface area contributed by atoms with E-state index in [9.17, 15) is 14.4 Å². The smallest absolute Gasteiger partial charge is 0.274 e. The number of pyridine rings is 1. The summed E-state index contributed by atoms with van der Waals surface area (Å²) >= 11 is 0. The molecule has 0 bridgehead atoms. The predicted octanol–water partition coefficient (Wildman–Crippen LogP) is 4.58. The van der Waals surface area contributed by atoms with Crippen molar-refractivity contribution in [3.63, 3.8) is 0 Å². The highest BCUT2D eigenvalue weighted by Gasteiger charge is 2.28. The molecule has 0 saturated heterocycles. The Balaban J connectivity index is 1.68. The number of aromatic amines is 1. The fourth-order valence-electron chi connectivity index (χ4n) is 3.70. The summed E-state index contributed by atoms with van der Waals surface area (Å²) in [5.41, 5.74) is 1.04. The second-order valence-corrected chi connectivity index (χ2v) is 10.1. The zero-order chi connectivity index (χ0) is 26.5. The fraction of sp³-hybridized carbons (Fsp3) is 0.407. The van der Waals surface area contributed by atoms with Gasteiger partial charge >= 0.3 is 0 Å². The first-order chi connectivity index (χ1) is 17.0. The molecule has 2 amide bonds. The van der Waals surface area contributed by atoms with Crippen molar-refractivity contribution in [3.8, 4) is 0 Å². The van der Waals surface area contributed by atoms with Crippen molar-refractivity contribution in [2.24, 2.45) is 5.41 Å². The van der Waals surface area contributed by atoms with E-state index in [-0.39, 0.29) is 36.0 Å². The number of para-hydroxylation sites is 1. The Morgan fingerprint density at radius 2 is 1.97 bits per heavy atom. The van der Waals surface area contributed by atoms with Crippen LogP contribution in [0.25, 0.3) is 11.0 Å². The highest BCUT2D eigenvalue weighted by molar-refractivity contribution is 5.90. The van der Waals surface area contributed by atoms with E-state index in [4.69, 9.17) is 0 Å². The van der Waals surface area contributed by atoms with E-state index in [1.54, 1.807) is 56.7 Å². The number of benzene rings is 1. The molecule has 3 rings (SSSR count). The third-order valence-corrected chi connectivity index (χ3v) is 5.72. The molecule has 0 spiro atoms. The number of alkyl halides is 1. The second-order valence-electron chi connectivity index (χ2n) is 10.1. The van der Waals surface area contributed by atoms with E-state index in [0.717, 1.165) is 0 Å². The Hall–Kier alpha value is -3.75. The van der Waals surface area contributed by atoms with E-state index in [0.29, 0.717) is 35.3 Å². The summed E-state index contributed by atoms with van der Waals surface area (Å²) in [7, 11) is 3.34. The van der Waals surface area contributed by atoms with E-state index < -0.39 is 11.6 Å². The molecule has 2 N–H and O–H groups in total. The zero-order valence-corrected chi connectivity index (χ0v) is 21.5.